The van der Waals surface area contributed by atoms with Crippen LogP contribution in [0.4, 0.5) is 5.69 Å². The molecule has 2 aliphatic heterocycles. The first kappa shape index (κ1) is 23.8. The molecular formula is C26H34ClN3O3. The zero-order chi connectivity index (χ0) is 23.4. The Hall–Kier alpha value is -2.31. The van der Waals surface area contributed by atoms with Gasteiger partial charge in [0.05, 0.1) is 12.5 Å². The summed E-state index contributed by atoms with van der Waals surface area (Å²) < 4.78 is 0. The molecule has 0 spiro atoms. The molecular weight excluding hydrogens is 438 g/mol. The van der Waals surface area contributed by atoms with Crippen LogP contribution in [0.1, 0.15) is 39.0 Å². The molecule has 178 valence electrons. The van der Waals surface area contributed by atoms with Crippen LogP contribution in [0.2, 0.25) is 0 Å². The largest absolute Gasteiger partial charge is 0.508 e. The minimum Gasteiger partial charge on any atom is -0.508 e. The van der Waals surface area contributed by atoms with Crippen molar-refractivity contribution >= 4 is 29.1 Å². The Morgan fingerprint density at radius 2 is 1.88 bits per heavy atom. The van der Waals surface area contributed by atoms with Crippen molar-refractivity contribution in [2.24, 2.45) is 17.3 Å². The molecule has 4 rings (SSSR count). The predicted octanol–water partition coefficient (Wildman–Crippen LogP) is 4.37. The van der Waals surface area contributed by atoms with E-state index in [1.807, 2.05) is 11.0 Å². The van der Waals surface area contributed by atoms with E-state index in [9.17, 15) is 14.7 Å². The third-order valence-electron chi connectivity index (χ3n) is 7.51. The van der Waals surface area contributed by atoms with Crippen molar-refractivity contribution in [1.82, 2.24) is 9.80 Å². The molecule has 2 amide bonds. The number of likely N-dealkylation sites (tertiary alicyclic amines) is 2. The van der Waals surface area contributed by atoms with Gasteiger partial charge in [0.15, 0.2) is 0 Å². The topological polar surface area (TPSA) is 72.9 Å². The lowest BCUT2D eigenvalue weighted by atomic mass is 9.69. The van der Waals surface area contributed by atoms with Gasteiger partial charge in [-0.1, -0.05) is 30.7 Å². The molecule has 6 nitrogen and oxygen atoms in total. The number of rotatable bonds is 5. The van der Waals surface area contributed by atoms with Crippen LogP contribution in [-0.4, -0.2) is 59.4 Å². The van der Waals surface area contributed by atoms with Crippen LogP contribution in [0.3, 0.4) is 0 Å². The maximum Gasteiger partial charge on any atom is 0.236 e. The number of carbonyl (C=O) groups excluding carboxylic acids is 2. The molecule has 2 N–H and O–H groups in total. The maximum absolute atomic E-state index is 12.9. The van der Waals surface area contributed by atoms with Gasteiger partial charge in [0.2, 0.25) is 11.8 Å². The average molecular weight is 472 g/mol. The predicted molar refractivity (Wildman–Crippen MR) is 131 cm³/mol. The van der Waals surface area contributed by atoms with E-state index in [0.717, 1.165) is 56.8 Å². The van der Waals surface area contributed by atoms with Gasteiger partial charge in [-0.15, -0.1) is 0 Å². The second-order valence-electron chi connectivity index (χ2n) is 9.89. The highest BCUT2D eigenvalue weighted by Gasteiger charge is 2.37. The summed E-state index contributed by atoms with van der Waals surface area (Å²) in [6.07, 6.45) is 11.3. The molecule has 0 aromatic heterocycles. The third-order valence-corrected chi connectivity index (χ3v) is 7.75. The first-order valence-corrected chi connectivity index (χ1v) is 12.3. The van der Waals surface area contributed by atoms with E-state index < -0.39 is 0 Å². The van der Waals surface area contributed by atoms with Crippen molar-refractivity contribution in [3.8, 4) is 5.75 Å². The second kappa shape index (κ2) is 10.3. The summed E-state index contributed by atoms with van der Waals surface area (Å²) in [7, 11) is 0. The minimum absolute atomic E-state index is 0.0331. The van der Waals surface area contributed by atoms with E-state index in [4.69, 9.17) is 11.6 Å². The Morgan fingerprint density at radius 3 is 2.61 bits per heavy atom. The molecule has 1 aliphatic carbocycles. The SMILES string of the molecule is CC1(C2CCN(C(=O)CN3CC[C@H](C(=O)Nc4ccc(O)cc4)C3)CC2)C=C(Cl)C=CCC1. The third kappa shape index (κ3) is 5.98. The number of hydrogen-bond acceptors (Lipinski definition) is 4. The fraction of sp³-hybridized carbons (Fsp3) is 0.538. The summed E-state index contributed by atoms with van der Waals surface area (Å²) in [5.41, 5.74) is 0.757. The number of phenolic OH excluding ortho intramolecular Hbond substituents is 1. The summed E-state index contributed by atoms with van der Waals surface area (Å²) in [4.78, 5) is 29.6. The van der Waals surface area contributed by atoms with E-state index >= 15 is 0 Å². The number of benzene rings is 1. The number of aromatic hydroxyl groups is 1. The van der Waals surface area contributed by atoms with Gasteiger partial charge in [0.25, 0.3) is 0 Å². The summed E-state index contributed by atoms with van der Waals surface area (Å²) in [5, 5.41) is 13.1. The van der Waals surface area contributed by atoms with E-state index in [2.05, 4.69) is 29.3 Å². The zero-order valence-electron chi connectivity index (χ0n) is 19.3. The lowest BCUT2D eigenvalue weighted by Crippen LogP contribution is -2.46. The average Bonchev–Trinajstić information content (AvgIpc) is 3.19. The van der Waals surface area contributed by atoms with E-state index in [1.54, 1.807) is 24.3 Å². The van der Waals surface area contributed by atoms with Crippen LogP contribution >= 0.6 is 11.6 Å². The molecule has 2 atom stereocenters. The van der Waals surface area contributed by atoms with E-state index in [1.165, 1.54) is 0 Å². The molecule has 0 bridgehead atoms. The smallest absolute Gasteiger partial charge is 0.236 e. The summed E-state index contributed by atoms with van der Waals surface area (Å²) in [6.45, 7) is 5.61. The molecule has 1 aromatic carbocycles. The number of nitrogens with one attached hydrogen (secondary N) is 1. The van der Waals surface area contributed by atoms with Gasteiger partial charge < -0.3 is 15.3 Å². The highest BCUT2D eigenvalue weighted by molar-refractivity contribution is 6.31. The van der Waals surface area contributed by atoms with Crippen molar-refractivity contribution in [2.75, 3.05) is 38.0 Å². The van der Waals surface area contributed by atoms with Gasteiger partial charge in [-0.3, -0.25) is 14.5 Å². The number of piperidine rings is 1. The normalized spacial score (nSPS) is 26.7. The Balaban J connectivity index is 1.23. The van der Waals surface area contributed by atoms with Gasteiger partial charge in [-0.2, -0.15) is 0 Å². The van der Waals surface area contributed by atoms with Crippen LogP contribution in [0.5, 0.6) is 5.75 Å². The highest BCUT2D eigenvalue weighted by atomic mass is 35.5. The van der Waals surface area contributed by atoms with Crippen LogP contribution in [0, 0.1) is 17.3 Å². The van der Waals surface area contributed by atoms with Crippen LogP contribution in [0.25, 0.3) is 0 Å². The number of anilines is 1. The summed E-state index contributed by atoms with van der Waals surface area (Å²) >= 11 is 6.35. The van der Waals surface area contributed by atoms with Crippen molar-refractivity contribution in [1.29, 1.82) is 0 Å². The van der Waals surface area contributed by atoms with E-state index in [0.29, 0.717) is 24.7 Å². The Labute approximate surface area is 201 Å². The Bertz CT molecular complexity index is 921. The molecule has 1 unspecified atom stereocenters. The summed E-state index contributed by atoms with van der Waals surface area (Å²) in [5.74, 6) is 0.708. The molecule has 7 heteroatoms. The van der Waals surface area contributed by atoms with Crippen LogP contribution < -0.4 is 5.32 Å². The zero-order valence-corrected chi connectivity index (χ0v) is 20.1. The Morgan fingerprint density at radius 1 is 1.15 bits per heavy atom. The molecule has 3 aliphatic rings. The van der Waals surface area contributed by atoms with Crippen LogP contribution in [-0.2, 0) is 9.59 Å². The molecule has 2 fully saturated rings. The van der Waals surface area contributed by atoms with Gasteiger partial charge in [-0.05, 0) is 80.3 Å². The van der Waals surface area contributed by atoms with Gasteiger partial charge >= 0.3 is 0 Å². The quantitative estimate of drug-likeness (QED) is 0.625. The number of allylic oxidation sites excluding steroid dienone is 4. The van der Waals surface area contributed by atoms with Crippen molar-refractivity contribution < 1.29 is 14.7 Å². The minimum atomic E-state index is -0.127. The van der Waals surface area contributed by atoms with Crippen LogP contribution in [0.15, 0.2) is 47.5 Å². The van der Waals surface area contributed by atoms with Crippen molar-refractivity contribution in [2.45, 2.75) is 39.0 Å². The number of nitrogens with zero attached hydrogens (tertiary/aromatic N) is 2. The number of phenols is 1. The van der Waals surface area contributed by atoms with Crippen molar-refractivity contribution in [3.05, 3.63) is 47.5 Å². The van der Waals surface area contributed by atoms with Crippen molar-refractivity contribution in [3.63, 3.8) is 0 Å². The first-order chi connectivity index (χ1) is 15.8. The molecule has 0 saturated carbocycles. The Kier molecular flexibility index (Phi) is 7.45. The number of carbonyl (C=O) groups is 2. The second-order valence-corrected chi connectivity index (χ2v) is 10.3. The van der Waals surface area contributed by atoms with Gasteiger partial charge in [-0.25, -0.2) is 0 Å². The first-order valence-electron chi connectivity index (χ1n) is 12.0. The standard InChI is InChI=1S/C26H34ClN3O3/c1-26(12-3-2-4-21(27)16-26)20-10-14-30(15-11-20)24(32)18-29-13-9-19(17-29)25(33)28-22-5-7-23(31)8-6-22/h2,4-8,16,19-20,31H,3,9-15,17-18H2,1H3,(H,28,33)/t19-,26?/m0/s1. The summed E-state index contributed by atoms with van der Waals surface area (Å²) in [6, 6.07) is 6.47. The monoisotopic (exact) mass is 471 g/mol. The molecule has 33 heavy (non-hydrogen) atoms. The number of halogens is 1. The van der Waals surface area contributed by atoms with E-state index in [-0.39, 0.29) is 28.9 Å². The highest BCUT2D eigenvalue weighted by Crippen LogP contribution is 2.43. The number of hydrogen-bond donors (Lipinski definition) is 2. The molecule has 1 aromatic rings. The van der Waals surface area contributed by atoms with Gasteiger partial charge in [0, 0.05) is 30.4 Å². The fourth-order valence-electron chi connectivity index (χ4n) is 5.41. The molecule has 2 saturated heterocycles. The number of amides is 2. The molecule has 0 radical (unpaired) electrons. The maximum atomic E-state index is 12.9. The fourth-order valence-corrected chi connectivity index (χ4v) is 5.74. The lowest BCUT2D eigenvalue weighted by Gasteiger charge is -2.41. The lowest BCUT2D eigenvalue weighted by molar-refractivity contribution is -0.134. The molecule has 2 heterocycles. The van der Waals surface area contributed by atoms with Gasteiger partial charge in [0.1, 0.15) is 5.75 Å².